The molecule has 0 atom stereocenters. The van der Waals surface area contributed by atoms with Crippen LogP contribution < -0.4 is 0 Å². The summed E-state index contributed by atoms with van der Waals surface area (Å²) in [6, 6.07) is 5.74. The molecule has 1 amide bonds. The number of hydrogen-bond acceptors (Lipinski definition) is 3. The van der Waals surface area contributed by atoms with Crippen LogP contribution in [0.3, 0.4) is 0 Å². The van der Waals surface area contributed by atoms with E-state index in [0.29, 0.717) is 12.4 Å². The highest BCUT2D eigenvalue weighted by atomic mass is 79.9. The summed E-state index contributed by atoms with van der Waals surface area (Å²) in [5.74, 6) is 0.650. The zero-order chi connectivity index (χ0) is 11.7. The van der Waals surface area contributed by atoms with Gasteiger partial charge in [-0.15, -0.1) is 0 Å². The number of carbonyl (C=O) groups excluding carboxylic acids is 1. The molecule has 0 saturated heterocycles. The Morgan fingerprint density at radius 3 is 3.00 bits per heavy atom. The van der Waals surface area contributed by atoms with Gasteiger partial charge in [0.05, 0.1) is 0 Å². The van der Waals surface area contributed by atoms with Crippen molar-refractivity contribution in [2.24, 2.45) is 0 Å². The van der Waals surface area contributed by atoms with Gasteiger partial charge in [0.15, 0.2) is 11.5 Å². The molecule has 1 aromatic heterocycles. The minimum absolute atomic E-state index is 0.138. The number of oxazole rings is 1. The van der Waals surface area contributed by atoms with Crippen LogP contribution in [0.5, 0.6) is 0 Å². The third-order valence-corrected chi connectivity index (χ3v) is 2.89. The van der Waals surface area contributed by atoms with E-state index in [-0.39, 0.29) is 4.82 Å². The van der Waals surface area contributed by atoms with E-state index in [4.69, 9.17) is 4.42 Å². The fourth-order valence-electron chi connectivity index (χ4n) is 1.52. The van der Waals surface area contributed by atoms with E-state index in [1.54, 1.807) is 11.9 Å². The lowest BCUT2D eigenvalue weighted by atomic mass is 10.2. The van der Waals surface area contributed by atoms with Gasteiger partial charge >= 0.3 is 0 Å². The molecule has 2 rings (SSSR count). The first kappa shape index (κ1) is 11.1. The zero-order valence-electron chi connectivity index (χ0n) is 9.03. The number of aromatic nitrogens is 1. The zero-order valence-corrected chi connectivity index (χ0v) is 10.6. The van der Waals surface area contributed by atoms with E-state index in [0.717, 1.165) is 16.7 Å². The molecule has 84 valence electrons. The molecule has 2 aromatic rings. The Balaban J connectivity index is 2.28. The first-order chi connectivity index (χ1) is 7.56. The molecule has 0 spiro atoms. The van der Waals surface area contributed by atoms with Crippen LogP contribution >= 0.6 is 15.9 Å². The predicted molar refractivity (Wildman–Crippen MR) is 64.5 cm³/mol. The molecule has 0 fully saturated rings. The third-order valence-electron chi connectivity index (χ3n) is 2.28. The Kier molecular flexibility index (Phi) is 2.96. The maximum absolute atomic E-state index is 11.0. The molecule has 0 radical (unpaired) electrons. The van der Waals surface area contributed by atoms with Crippen LogP contribution in [0.15, 0.2) is 22.6 Å². The maximum Gasteiger partial charge on any atom is 0.289 e. The van der Waals surface area contributed by atoms with Crippen molar-refractivity contribution in [2.75, 3.05) is 7.05 Å². The van der Waals surface area contributed by atoms with Crippen LogP contribution in [0.1, 0.15) is 11.5 Å². The molecule has 0 unspecified atom stereocenters. The summed E-state index contributed by atoms with van der Waals surface area (Å²) >= 11 is 2.90. The highest BCUT2D eigenvalue weighted by Gasteiger charge is 2.07. The van der Waals surface area contributed by atoms with Crippen LogP contribution in [0.4, 0.5) is 4.79 Å². The summed E-state index contributed by atoms with van der Waals surface area (Å²) in [6.07, 6.45) is 0. The molecule has 16 heavy (non-hydrogen) atoms. The van der Waals surface area contributed by atoms with E-state index in [2.05, 4.69) is 20.9 Å². The van der Waals surface area contributed by atoms with Crippen molar-refractivity contribution in [3.05, 3.63) is 29.7 Å². The fourth-order valence-corrected chi connectivity index (χ4v) is 1.64. The first-order valence-corrected chi connectivity index (χ1v) is 5.62. The van der Waals surface area contributed by atoms with Gasteiger partial charge in [-0.05, 0) is 17.7 Å². The minimum atomic E-state index is -0.138. The second kappa shape index (κ2) is 4.25. The van der Waals surface area contributed by atoms with E-state index >= 15 is 0 Å². The number of aryl methyl sites for hydroxylation is 1. The maximum atomic E-state index is 11.0. The molecule has 0 saturated carbocycles. The second-order valence-corrected chi connectivity index (χ2v) is 4.32. The van der Waals surface area contributed by atoms with Crippen LogP contribution in [-0.2, 0) is 6.54 Å². The molecule has 5 heteroatoms. The molecule has 0 N–H and O–H groups in total. The molecular weight excluding hydrogens is 272 g/mol. The molecule has 0 aliphatic carbocycles. The average molecular weight is 283 g/mol. The smallest absolute Gasteiger partial charge is 0.289 e. The van der Waals surface area contributed by atoms with Crippen LogP contribution in [0.25, 0.3) is 11.1 Å². The number of hydrogen-bond donors (Lipinski definition) is 0. The largest absolute Gasteiger partial charge is 0.441 e. The van der Waals surface area contributed by atoms with Crippen LogP contribution in [0.2, 0.25) is 0 Å². The lowest BCUT2D eigenvalue weighted by Crippen LogP contribution is -2.19. The molecule has 0 aliphatic rings. The summed E-state index contributed by atoms with van der Waals surface area (Å²) in [6.45, 7) is 2.35. The fraction of sp³-hybridized carbons (Fsp3) is 0.273. The van der Waals surface area contributed by atoms with Gasteiger partial charge in [-0.1, -0.05) is 6.07 Å². The quantitative estimate of drug-likeness (QED) is 0.628. The summed E-state index contributed by atoms with van der Waals surface area (Å²) in [4.78, 5) is 16.7. The summed E-state index contributed by atoms with van der Waals surface area (Å²) in [7, 11) is 1.73. The second-order valence-electron chi connectivity index (χ2n) is 3.64. The molecule has 1 aromatic carbocycles. The first-order valence-electron chi connectivity index (χ1n) is 4.83. The summed E-state index contributed by atoms with van der Waals surface area (Å²) in [5.41, 5.74) is 2.61. The van der Waals surface area contributed by atoms with Gasteiger partial charge in [-0.25, -0.2) is 4.98 Å². The summed E-state index contributed by atoms with van der Waals surface area (Å²) < 4.78 is 5.42. The van der Waals surface area contributed by atoms with Gasteiger partial charge in [0.2, 0.25) is 0 Å². The number of rotatable bonds is 2. The molecule has 4 nitrogen and oxygen atoms in total. The lowest BCUT2D eigenvalue weighted by molar-refractivity contribution is 0.233. The van der Waals surface area contributed by atoms with Gasteiger partial charge < -0.3 is 9.32 Å². The summed E-state index contributed by atoms with van der Waals surface area (Å²) in [5, 5.41) is 0. The number of carbonyl (C=O) groups is 1. The van der Waals surface area contributed by atoms with E-state index in [1.165, 1.54) is 0 Å². The number of halogens is 1. The Bertz CT molecular complexity index is 536. The number of amides is 1. The van der Waals surface area contributed by atoms with Gasteiger partial charge in [-0.2, -0.15) is 0 Å². The Labute approximate surface area is 101 Å². The van der Waals surface area contributed by atoms with Gasteiger partial charge in [0, 0.05) is 36.4 Å². The standard InChI is InChI=1S/C11H11BrN2O2/c1-7-13-9-4-3-8(5-10(9)16-7)6-14(2)11(12)15/h3-5H,6H2,1-2H3. The Morgan fingerprint density at radius 2 is 2.31 bits per heavy atom. The van der Waals surface area contributed by atoms with Crippen molar-refractivity contribution >= 4 is 31.8 Å². The highest BCUT2D eigenvalue weighted by Crippen LogP contribution is 2.18. The number of benzene rings is 1. The van der Waals surface area contributed by atoms with Gasteiger partial charge in [0.1, 0.15) is 5.52 Å². The van der Waals surface area contributed by atoms with Crippen molar-refractivity contribution in [3.63, 3.8) is 0 Å². The molecule has 1 heterocycles. The van der Waals surface area contributed by atoms with E-state index in [1.807, 2.05) is 25.1 Å². The Hall–Kier alpha value is -1.36. The van der Waals surface area contributed by atoms with Gasteiger partial charge in [-0.3, -0.25) is 4.79 Å². The number of nitrogens with zero attached hydrogens (tertiary/aromatic N) is 2. The Morgan fingerprint density at radius 1 is 1.56 bits per heavy atom. The van der Waals surface area contributed by atoms with Crippen LogP contribution in [0, 0.1) is 6.92 Å². The van der Waals surface area contributed by atoms with Crippen molar-refractivity contribution < 1.29 is 9.21 Å². The van der Waals surface area contributed by atoms with E-state index < -0.39 is 0 Å². The topological polar surface area (TPSA) is 46.3 Å². The highest BCUT2D eigenvalue weighted by molar-refractivity contribution is 9.18. The van der Waals surface area contributed by atoms with Crippen LogP contribution in [-0.4, -0.2) is 21.7 Å². The van der Waals surface area contributed by atoms with Crippen molar-refractivity contribution in [1.82, 2.24) is 9.88 Å². The molecular formula is C11H11BrN2O2. The SMILES string of the molecule is Cc1nc2ccc(CN(C)C(=O)Br)cc2o1. The third kappa shape index (κ3) is 2.24. The number of fused-ring (bicyclic) bond motifs is 1. The van der Waals surface area contributed by atoms with Gasteiger partial charge in [0.25, 0.3) is 4.82 Å². The van der Waals surface area contributed by atoms with E-state index in [9.17, 15) is 4.79 Å². The predicted octanol–water partition coefficient (Wildman–Crippen LogP) is 3.08. The monoisotopic (exact) mass is 282 g/mol. The van der Waals surface area contributed by atoms with Crippen molar-refractivity contribution in [2.45, 2.75) is 13.5 Å². The lowest BCUT2D eigenvalue weighted by Gasteiger charge is -2.12. The molecule has 0 bridgehead atoms. The normalized spacial score (nSPS) is 10.7. The minimum Gasteiger partial charge on any atom is -0.441 e. The average Bonchev–Trinajstić information content (AvgIpc) is 2.57. The van der Waals surface area contributed by atoms with Crippen molar-refractivity contribution in [1.29, 1.82) is 0 Å². The van der Waals surface area contributed by atoms with Crippen molar-refractivity contribution in [3.8, 4) is 0 Å². The molecule has 0 aliphatic heterocycles.